The molecule has 0 aromatic heterocycles. The first-order valence-electron chi connectivity index (χ1n) is 11.9. The standard InChI is InChI=1S/C31H29NO3/c33-29(34)28(23-13-16-24-14-5-1-6-15-24)32-30(35)31(25-17-7-2-8-18-25,26-19-9-3-10-20-26)27-21-11-4-12-22-27/h1-12,14-15,17-22,28H,13,16,23H2,(H,32,35)(H,33,34)/t28-/m0/s1. The van der Waals surface area contributed by atoms with Gasteiger partial charge >= 0.3 is 5.97 Å². The van der Waals surface area contributed by atoms with Gasteiger partial charge in [0.25, 0.3) is 0 Å². The molecule has 35 heavy (non-hydrogen) atoms. The van der Waals surface area contributed by atoms with Gasteiger partial charge in [-0.2, -0.15) is 0 Å². The Kier molecular flexibility index (Phi) is 7.74. The second kappa shape index (κ2) is 11.3. The Morgan fingerprint density at radius 1 is 0.657 bits per heavy atom. The summed E-state index contributed by atoms with van der Waals surface area (Å²) in [6.07, 6.45) is 1.74. The molecule has 0 unspecified atom stereocenters. The first-order chi connectivity index (χ1) is 17.1. The zero-order chi connectivity index (χ0) is 24.5. The van der Waals surface area contributed by atoms with Gasteiger partial charge in [0.1, 0.15) is 11.5 Å². The molecule has 0 aliphatic rings. The number of carbonyl (C=O) groups is 2. The van der Waals surface area contributed by atoms with Crippen LogP contribution < -0.4 is 5.32 Å². The largest absolute Gasteiger partial charge is 0.480 e. The van der Waals surface area contributed by atoms with Crippen LogP contribution >= 0.6 is 0 Å². The van der Waals surface area contributed by atoms with Crippen LogP contribution in [0.25, 0.3) is 0 Å². The second-order valence-corrected chi connectivity index (χ2v) is 8.59. The van der Waals surface area contributed by atoms with Gasteiger partial charge < -0.3 is 10.4 Å². The van der Waals surface area contributed by atoms with Gasteiger partial charge in [-0.15, -0.1) is 0 Å². The number of carbonyl (C=O) groups excluding carboxylic acids is 1. The molecule has 4 rings (SSSR count). The third-order valence-electron chi connectivity index (χ3n) is 6.37. The van der Waals surface area contributed by atoms with E-state index in [1.165, 1.54) is 0 Å². The Labute approximate surface area is 206 Å². The summed E-state index contributed by atoms with van der Waals surface area (Å²) in [6.45, 7) is 0. The summed E-state index contributed by atoms with van der Waals surface area (Å²) in [5.41, 5.74) is 2.29. The third-order valence-corrected chi connectivity index (χ3v) is 6.37. The molecule has 0 saturated heterocycles. The fraction of sp³-hybridized carbons (Fsp3) is 0.161. The van der Waals surface area contributed by atoms with Gasteiger partial charge in [-0.1, -0.05) is 121 Å². The minimum Gasteiger partial charge on any atom is -0.480 e. The van der Waals surface area contributed by atoms with Crippen LogP contribution in [0.4, 0.5) is 0 Å². The van der Waals surface area contributed by atoms with Crippen molar-refractivity contribution in [1.29, 1.82) is 0 Å². The average Bonchev–Trinajstić information content (AvgIpc) is 2.91. The maximum atomic E-state index is 14.2. The highest BCUT2D eigenvalue weighted by atomic mass is 16.4. The predicted molar refractivity (Wildman–Crippen MR) is 138 cm³/mol. The van der Waals surface area contributed by atoms with Crippen LogP contribution in [0.2, 0.25) is 0 Å². The lowest BCUT2D eigenvalue weighted by Crippen LogP contribution is -2.52. The van der Waals surface area contributed by atoms with E-state index < -0.39 is 17.4 Å². The van der Waals surface area contributed by atoms with Gasteiger partial charge in [0, 0.05) is 0 Å². The molecule has 0 aliphatic heterocycles. The summed E-state index contributed by atoms with van der Waals surface area (Å²) in [5.74, 6) is -1.39. The molecule has 0 spiro atoms. The van der Waals surface area contributed by atoms with E-state index in [1.807, 2.05) is 121 Å². The molecule has 176 valence electrons. The molecule has 0 heterocycles. The number of benzene rings is 4. The fourth-order valence-corrected chi connectivity index (χ4v) is 4.64. The van der Waals surface area contributed by atoms with Gasteiger partial charge in [0.05, 0.1) is 0 Å². The smallest absolute Gasteiger partial charge is 0.326 e. The Morgan fingerprint density at radius 2 is 1.06 bits per heavy atom. The molecule has 0 saturated carbocycles. The van der Waals surface area contributed by atoms with Gasteiger partial charge in [-0.05, 0) is 41.5 Å². The number of aryl methyl sites for hydroxylation is 1. The number of rotatable bonds is 10. The first kappa shape index (κ1) is 24.0. The molecule has 0 aliphatic carbocycles. The number of hydrogen-bond acceptors (Lipinski definition) is 2. The number of carboxylic acid groups (broad SMARTS) is 1. The third kappa shape index (κ3) is 5.33. The summed E-state index contributed by atoms with van der Waals surface area (Å²) in [5, 5.41) is 12.9. The van der Waals surface area contributed by atoms with Gasteiger partial charge in [0.2, 0.25) is 5.91 Å². The van der Waals surface area contributed by atoms with E-state index in [0.717, 1.165) is 28.7 Å². The molecular formula is C31H29NO3. The van der Waals surface area contributed by atoms with Crippen molar-refractivity contribution in [3.63, 3.8) is 0 Å². The van der Waals surface area contributed by atoms with Crippen molar-refractivity contribution >= 4 is 11.9 Å². The van der Waals surface area contributed by atoms with Crippen molar-refractivity contribution in [3.8, 4) is 0 Å². The molecule has 4 aromatic rings. The van der Waals surface area contributed by atoms with Crippen LogP contribution in [0, 0.1) is 0 Å². The van der Waals surface area contributed by atoms with E-state index in [-0.39, 0.29) is 5.91 Å². The Morgan fingerprint density at radius 3 is 1.46 bits per heavy atom. The molecule has 2 N–H and O–H groups in total. The number of nitrogens with one attached hydrogen (secondary N) is 1. The van der Waals surface area contributed by atoms with E-state index in [9.17, 15) is 14.7 Å². The van der Waals surface area contributed by atoms with Gasteiger partial charge in [-0.25, -0.2) is 4.79 Å². The van der Waals surface area contributed by atoms with E-state index in [1.54, 1.807) is 0 Å². The first-order valence-corrected chi connectivity index (χ1v) is 11.9. The van der Waals surface area contributed by atoms with Crippen LogP contribution in [-0.2, 0) is 21.4 Å². The molecule has 0 fully saturated rings. The van der Waals surface area contributed by atoms with E-state index in [2.05, 4.69) is 5.32 Å². The molecule has 4 heteroatoms. The van der Waals surface area contributed by atoms with E-state index in [4.69, 9.17) is 0 Å². The highest BCUT2D eigenvalue weighted by molar-refractivity contribution is 5.98. The Hall–Kier alpha value is -4.18. The molecular weight excluding hydrogens is 434 g/mol. The van der Waals surface area contributed by atoms with Crippen molar-refractivity contribution in [2.24, 2.45) is 0 Å². The lowest BCUT2D eigenvalue weighted by atomic mass is 9.68. The molecule has 1 atom stereocenters. The number of aliphatic carboxylic acids is 1. The number of hydrogen-bond donors (Lipinski definition) is 2. The number of carboxylic acids is 1. The summed E-state index contributed by atoms with van der Waals surface area (Å²) >= 11 is 0. The fourth-order valence-electron chi connectivity index (χ4n) is 4.64. The van der Waals surface area contributed by atoms with Crippen LogP contribution in [-0.4, -0.2) is 23.0 Å². The van der Waals surface area contributed by atoms with Crippen molar-refractivity contribution in [3.05, 3.63) is 144 Å². The van der Waals surface area contributed by atoms with Crippen LogP contribution in [0.15, 0.2) is 121 Å². The minimum absolute atomic E-state index is 0.338. The minimum atomic E-state index is -1.20. The predicted octanol–water partition coefficient (Wildman–Crippen LogP) is 5.61. The monoisotopic (exact) mass is 463 g/mol. The van der Waals surface area contributed by atoms with Gasteiger partial charge in [-0.3, -0.25) is 4.79 Å². The maximum Gasteiger partial charge on any atom is 0.326 e. The topological polar surface area (TPSA) is 66.4 Å². The van der Waals surface area contributed by atoms with Crippen molar-refractivity contribution in [2.75, 3.05) is 0 Å². The molecule has 0 bridgehead atoms. The van der Waals surface area contributed by atoms with Gasteiger partial charge in [0.15, 0.2) is 0 Å². The summed E-state index contributed by atoms with van der Waals surface area (Å²) in [4.78, 5) is 26.4. The zero-order valence-corrected chi connectivity index (χ0v) is 19.5. The van der Waals surface area contributed by atoms with Crippen LogP contribution in [0.3, 0.4) is 0 Å². The quantitative estimate of drug-likeness (QED) is 0.300. The molecule has 0 radical (unpaired) electrons. The van der Waals surface area contributed by atoms with E-state index in [0.29, 0.717) is 12.8 Å². The SMILES string of the molecule is O=C(O)[C@H](CCCc1ccccc1)NC(=O)C(c1ccccc1)(c1ccccc1)c1ccccc1. The highest BCUT2D eigenvalue weighted by Gasteiger charge is 2.44. The van der Waals surface area contributed by atoms with Crippen LogP contribution in [0.5, 0.6) is 0 Å². The molecule has 4 nitrogen and oxygen atoms in total. The summed E-state index contributed by atoms with van der Waals surface area (Å²) < 4.78 is 0. The Bertz CT molecular complexity index is 1130. The summed E-state index contributed by atoms with van der Waals surface area (Å²) in [7, 11) is 0. The average molecular weight is 464 g/mol. The lowest BCUT2D eigenvalue weighted by Gasteiger charge is -2.35. The maximum absolute atomic E-state index is 14.2. The van der Waals surface area contributed by atoms with Crippen molar-refractivity contribution in [2.45, 2.75) is 30.7 Å². The van der Waals surface area contributed by atoms with Crippen molar-refractivity contribution < 1.29 is 14.7 Å². The summed E-state index contributed by atoms with van der Waals surface area (Å²) in [6, 6.07) is 37.6. The zero-order valence-electron chi connectivity index (χ0n) is 19.5. The van der Waals surface area contributed by atoms with Crippen molar-refractivity contribution in [1.82, 2.24) is 5.32 Å². The second-order valence-electron chi connectivity index (χ2n) is 8.59. The normalized spacial score (nSPS) is 12.0. The lowest BCUT2D eigenvalue weighted by molar-refractivity contribution is -0.142. The van der Waals surface area contributed by atoms with Crippen LogP contribution in [0.1, 0.15) is 35.1 Å². The Balaban J connectivity index is 1.71. The molecule has 1 amide bonds. The highest BCUT2D eigenvalue weighted by Crippen LogP contribution is 2.39. The molecule has 4 aromatic carbocycles. The number of amides is 1. The van der Waals surface area contributed by atoms with E-state index >= 15 is 0 Å².